The van der Waals surface area contributed by atoms with Gasteiger partial charge in [-0.2, -0.15) is 18.3 Å². The molecule has 1 aliphatic heterocycles. The van der Waals surface area contributed by atoms with Gasteiger partial charge in [0.05, 0.1) is 24.0 Å². The van der Waals surface area contributed by atoms with Gasteiger partial charge in [-0.1, -0.05) is 11.8 Å². The number of carbonyl (C=O) groups is 1. The number of hydrogen-bond acceptors (Lipinski definition) is 3. The number of piperazine rings is 1. The van der Waals surface area contributed by atoms with Crippen molar-refractivity contribution in [2.24, 2.45) is 12.0 Å². The summed E-state index contributed by atoms with van der Waals surface area (Å²) >= 11 is 0. The van der Waals surface area contributed by atoms with Crippen LogP contribution in [0.2, 0.25) is 0 Å². The molecule has 1 fully saturated rings. The Morgan fingerprint density at radius 1 is 1.27 bits per heavy atom. The molecule has 1 amide bonds. The fraction of sp³-hybridized carbons (Fsp3) is 0.350. The van der Waals surface area contributed by atoms with Crippen molar-refractivity contribution in [3.05, 3.63) is 47.8 Å². The number of halogens is 3. The molecule has 3 rings (SSSR count). The Hall–Kier alpha value is -3.48. The number of guanidine groups is 1. The first kappa shape index (κ1) is 21.2. The molecule has 1 saturated heterocycles. The lowest BCUT2D eigenvalue weighted by Crippen LogP contribution is -2.55. The van der Waals surface area contributed by atoms with E-state index in [4.69, 9.17) is 0 Å². The maximum absolute atomic E-state index is 12.6. The van der Waals surface area contributed by atoms with Crippen LogP contribution in [0.15, 0.2) is 41.7 Å². The Labute approximate surface area is 172 Å². The first-order valence-corrected chi connectivity index (χ1v) is 9.18. The van der Waals surface area contributed by atoms with Crippen molar-refractivity contribution in [3.8, 4) is 11.8 Å². The van der Waals surface area contributed by atoms with Gasteiger partial charge in [0.2, 0.25) is 5.91 Å². The molecule has 1 aromatic heterocycles. The van der Waals surface area contributed by atoms with Gasteiger partial charge < -0.3 is 15.1 Å². The molecule has 1 aliphatic rings. The van der Waals surface area contributed by atoms with Crippen LogP contribution >= 0.6 is 0 Å². The minimum atomic E-state index is -4.36. The van der Waals surface area contributed by atoms with Crippen LogP contribution in [0.5, 0.6) is 0 Å². The molecule has 0 spiro atoms. The standard InChI is InChI=1S/C20H21F3N6O/c1-24-19(25-9-3-4-15-5-7-16(8-6-15)20(21,22)23)28-10-11-29(18(30)14-28)17-12-26-27(2)13-17/h5-8,12-13H,9-11,14H2,1-2H3,(H,24,25). The number of alkyl halides is 3. The van der Waals surface area contributed by atoms with Gasteiger partial charge in [-0.15, -0.1) is 0 Å². The highest BCUT2D eigenvalue weighted by Crippen LogP contribution is 2.28. The maximum atomic E-state index is 12.6. The lowest BCUT2D eigenvalue weighted by Gasteiger charge is -2.35. The highest BCUT2D eigenvalue weighted by molar-refractivity contribution is 5.98. The summed E-state index contributed by atoms with van der Waals surface area (Å²) in [5, 5.41) is 7.15. The van der Waals surface area contributed by atoms with Crippen molar-refractivity contribution in [3.63, 3.8) is 0 Å². The average molecular weight is 418 g/mol. The maximum Gasteiger partial charge on any atom is 0.416 e. The van der Waals surface area contributed by atoms with Crippen LogP contribution in [0.4, 0.5) is 18.9 Å². The highest BCUT2D eigenvalue weighted by atomic mass is 19.4. The van der Waals surface area contributed by atoms with Crippen LogP contribution < -0.4 is 10.2 Å². The third kappa shape index (κ3) is 5.11. The molecule has 0 bridgehead atoms. The molecule has 0 atom stereocenters. The van der Waals surface area contributed by atoms with Crippen LogP contribution in [0.25, 0.3) is 0 Å². The zero-order valence-corrected chi connectivity index (χ0v) is 16.6. The predicted octanol–water partition coefficient (Wildman–Crippen LogP) is 1.71. The van der Waals surface area contributed by atoms with E-state index in [1.165, 1.54) is 12.1 Å². The second kappa shape index (κ2) is 8.90. The number of aryl methyl sites for hydroxylation is 1. The number of anilines is 1. The molecule has 7 nitrogen and oxygen atoms in total. The first-order chi connectivity index (χ1) is 14.3. The third-order valence-electron chi connectivity index (χ3n) is 4.51. The van der Waals surface area contributed by atoms with E-state index < -0.39 is 11.7 Å². The molecular weight excluding hydrogens is 397 g/mol. The van der Waals surface area contributed by atoms with E-state index in [-0.39, 0.29) is 19.0 Å². The summed E-state index contributed by atoms with van der Waals surface area (Å²) in [6, 6.07) is 4.68. The number of aliphatic imine (C=N–C) groups is 1. The lowest BCUT2D eigenvalue weighted by atomic mass is 10.1. The van der Waals surface area contributed by atoms with E-state index in [2.05, 4.69) is 27.2 Å². The SMILES string of the molecule is CN=C(NCC#Cc1ccc(C(F)(F)F)cc1)N1CCN(c2cnn(C)c2)C(=O)C1. The van der Waals surface area contributed by atoms with Gasteiger partial charge in [-0.25, -0.2) is 0 Å². The molecule has 158 valence electrons. The molecule has 30 heavy (non-hydrogen) atoms. The Bertz CT molecular complexity index is 984. The number of amides is 1. The minimum absolute atomic E-state index is 0.0620. The van der Waals surface area contributed by atoms with Gasteiger partial charge >= 0.3 is 6.18 Å². The van der Waals surface area contributed by atoms with Gasteiger partial charge in [0, 0.05) is 38.9 Å². The summed E-state index contributed by atoms with van der Waals surface area (Å²) in [5.41, 5.74) is 0.536. The Kier molecular flexibility index (Phi) is 6.30. The molecule has 0 saturated carbocycles. The van der Waals surface area contributed by atoms with Crippen LogP contribution in [0, 0.1) is 11.8 Å². The molecule has 10 heteroatoms. The predicted molar refractivity (Wildman–Crippen MR) is 107 cm³/mol. The quantitative estimate of drug-likeness (QED) is 0.458. The monoisotopic (exact) mass is 418 g/mol. The van der Waals surface area contributed by atoms with E-state index >= 15 is 0 Å². The van der Waals surface area contributed by atoms with Gasteiger partial charge in [-0.05, 0) is 24.3 Å². The molecule has 1 N–H and O–H groups in total. The van der Waals surface area contributed by atoms with E-state index in [1.54, 1.807) is 36.1 Å². The summed E-state index contributed by atoms with van der Waals surface area (Å²) in [7, 11) is 3.41. The topological polar surface area (TPSA) is 65.8 Å². The van der Waals surface area contributed by atoms with E-state index in [9.17, 15) is 18.0 Å². The summed E-state index contributed by atoms with van der Waals surface area (Å²) in [5.74, 6) is 6.14. The Morgan fingerprint density at radius 2 is 2.00 bits per heavy atom. The molecular formula is C20H21F3N6O. The van der Waals surface area contributed by atoms with E-state index in [1.807, 2.05) is 4.90 Å². The Morgan fingerprint density at radius 3 is 2.57 bits per heavy atom. The zero-order valence-electron chi connectivity index (χ0n) is 16.6. The van der Waals surface area contributed by atoms with Crippen molar-refractivity contribution in [2.75, 3.05) is 38.1 Å². The summed E-state index contributed by atoms with van der Waals surface area (Å²) in [4.78, 5) is 20.2. The number of aromatic nitrogens is 2. The number of carbonyl (C=O) groups excluding carboxylic acids is 1. The van der Waals surface area contributed by atoms with Crippen molar-refractivity contribution in [1.29, 1.82) is 0 Å². The second-order valence-corrected chi connectivity index (χ2v) is 6.62. The zero-order chi connectivity index (χ0) is 21.7. The largest absolute Gasteiger partial charge is 0.416 e. The van der Waals surface area contributed by atoms with E-state index in [0.29, 0.717) is 24.6 Å². The van der Waals surface area contributed by atoms with Crippen LogP contribution in [-0.2, 0) is 18.0 Å². The second-order valence-electron chi connectivity index (χ2n) is 6.62. The smallest absolute Gasteiger partial charge is 0.345 e. The van der Waals surface area contributed by atoms with Crippen LogP contribution in [0.1, 0.15) is 11.1 Å². The van der Waals surface area contributed by atoms with Crippen molar-refractivity contribution >= 4 is 17.6 Å². The molecule has 2 aromatic rings. The highest BCUT2D eigenvalue weighted by Gasteiger charge is 2.30. The molecule has 1 aromatic carbocycles. The molecule has 0 radical (unpaired) electrons. The van der Waals surface area contributed by atoms with Crippen molar-refractivity contribution in [2.45, 2.75) is 6.18 Å². The number of nitrogens with one attached hydrogen (secondary N) is 1. The molecule has 2 heterocycles. The fourth-order valence-electron chi connectivity index (χ4n) is 3.02. The first-order valence-electron chi connectivity index (χ1n) is 9.18. The lowest BCUT2D eigenvalue weighted by molar-refractivity contribution is -0.137. The summed E-state index contributed by atoms with van der Waals surface area (Å²) < 4.78 is 39.4. The van der Waals surface area contributed by atoms with Crippen LogP contribution in [0.3, 0.4) is 0 Å². The fourth-order valence-corrected chi connectivity index (χ4v) is 3.02. The van der Waals surface area contributed by atoms with Gasteiger partial charge in [0.1, 0.15) is 6.54 Å². The van der Waals surface area contributed by atoms with Gasteiger partial charge in [0.25, 0.3) is 0 Å². The van der Waals surface area contributed by atoms with Crippen LogP contribution in [-0.4, -0.2) is 59.8 Å². The van der Waals surface area contributed by atoms with Gasteiger partial charge in [0.15, 0.2) is 5.96 Å². The van der Waals surface area contributed by atoms with Gasteiger partial charge in [-0.3, -0.25) is 14.5 Å². The third-order valence-corrected chi connectivity index (χ3v) is 4.51. The normalized spacial score (nSPS) is 15.1. The number of hydrogen-bond donors (Lipinski definition) is 1. The average Bonchev–Trinajstić information content (AvgIpc) is 3.13. The number of rotatable bonds is 2. The molecule has 0 unspecified atom stereocenters. The molecule has 0 aliphatic carbocycles. The Balaban J connectivity index is 1.53. The van der Waals surface area contributed by atoms with Crippen molar-refractivity contribution < 1.29 is 18.0 Å². The summed E-state index contributed by atoms with van der Waals surface area (Å²) in [6.45, 7) is 1.50. The minimum Gasteiger partial charge on any atom is -0.345 e. The number of nitrogens with zero attached hydrogens (tertiary/aromatic N) is 5. The van der Waals surface area contributed by atoms with E-state index in [0.717, 1.165) is 17.8 Å². The number of benzene rings is 1. The van der Waals surface area contributed by atoms with Crippen molar-refractivity contribution in [1.82, 2.24) is 20.0 Å². The summed E-state index contributed by atoms with van der Waals surface area (Å²) in [6.07, 6.45) is -0.923.